The summed E-state index contributed by atoms with van der Waals surface area (Å²) >= 11 is 0. The summed E-state index contributed by atoms with van der Waals surface area (Å²) < 4.78 is 13.1. The monoisotopic (exact) mass is 449 g/mol. The maximum atomic E-state index is 12.9. The van der Waals surface area contributed by atoms with Gasteiger partial charge in [0.05, 0.1) is 19.1 Å². The van der Waals surface area contributed by atoms with Crippen molar-refractivity contribution in [1.29, 1.82) is 0 Å². The van der Waals surface area contributed by atoms with Crippen LogP contribution in [0.2, 0.25) is 0 Å². The summed E-state index contributed by atoms with van der Waals surface area (Å²) in [4.78, 5) is 36.2. The topological polar surface area (TPSA) is 98.9 Å². The van der Waals surface area contributed by atoms with Crippen LogP contribution in [0.4, 0.5) is 0 Å². The number of methoxy groups -OCH3 is 1. The minimum absolute atomic E-state index is 0.0109. The molecular weight excluding hydrogens is 422 g/mol. The second-order valence-electron chi connectivity index (χ2n) is 8.82. The summed E-state index contributed by atoms with van der Waals surface area (Å²) in [6, 6.07) is 7.28. The number of carbonyl (C=O) groups excluding carboxylic acids is 2. The number of piperidine rings is 1. The molecular formula is C24H27N5O4. The van der Waals surface area contributed by atoms with E-state index in [1.165, 1.54) is 0 Å². The molecule has 2 aliphatic heterocycles. The molecule has 0 radical (unpaired) electrons. The van der Waals surface area contributed by atoms with Crippen LogP contribution in [0.25, 0.3) is 5.78 Å². The molecule has 9 nitrogen and oxygen atoms in total. The van der Waals surface area contributed by atoms with E-state index in [2.05, 4.69) is 15.1 Å². The molecule has 172 valence electrons. The Labute approximate surface area is 191 Å². The lowest BCUT2D eigenvalue weighted by molar-refractivity contribution is -0.132. The SMILES string of the molecule is COc1ccc2c(c1)C(=O)CC(C1CCN(C(=O)Cc3nc4nc(C)cc(C)n4n3)CC1)O2. The molecule has 33 heavy (non-hydrogen) atoms. The van der Waals surface area contributed by atoms with Gasteiger partial charge in [-0.25, -0.2) is 9.50 Å². The lowest BCUT2D eigenvalue weighted by Crippen LogP contribution is -2.44. The first kappa shape index (κ1) is 21.4. The predicted molar refractivity (Wildman–Crippen MR) is 120 cm³/mol. The Morgan fingerprint density at radius 3 is 2.73 bits per heavy atom. The van der Waals surface area contributed by atoms with Crippen LogP contribution in [0.3, 0.4) is 0 Å². The Morgan fingerprint density at radius 1 is 1.18 bits per heavy atom. The van der Waals surface area contributed by atoms with Crippen LogP contribution in [0, 0.1) is 19.8 Å². The van der Waals surface area contributed by atoms with E-state index in [0.717, 1.165) is 24.2 Å². The zero-order chi connectivity index (χ0) is 23.1. The molecule has 2 aliphatic rings. The number of hydrogen-bond donors (Lipinski definition) is 0. The van der Waals surface area contributed by atoms with Crippen LogP contribution in [-0.2, 0) is 11.2 Å². The summed E-state index contributed by atoms with van der Waals surface area (Å²) in [6.45, 7) is 5.13. The minimum atomic E-state index is -0.159. The maximum Gasteiger partial charge on any atom is 0.252 e. The van der Waals surface area contributed by atoms with Gasteiger partial charge in [0.25, 0.3) is 5.78 Å². The zero-order valence-corrected chi connectivity index (χ0v) is 19.1. The maximum absolute atomic E-state index is 12.9. The number of carbonyl (C=O) groups is 2. The van der Waals surface area contributed by atoms with E-state index in [1.54, 1.807) is 23.8 Å². The van der Waals surface area contributed by atoms with Gasteiger partial charge in [0.1, 0.15) is 17.6 Å². The first-order valence-corrected chi connectivity index (χ1v) is 11.3. The lowest BCUT2D eigenvalue weighted by atomic mass is 9.86. The van der Waals surface area contributed by atoms with E-state index in [4.69, 9.17) is 9.47 Å². The Hall–Kier alpha value is -3.49. The van der Waals surface area contributed by atoms with Crippen molar-refractivity contribution < 1.29 is 19.1 Å². The van der Waals surface area contributed by atoms with Crippen molar-refractivity contribution in [3.63, 3.8) is 0 Å². The van der Waals surface area contributed by atoms with E-state index in [-0.39, 0.29) is 30.1 Å². The summed E-state index contributed by atoms with van der Waals surface area (Å²) in [6.07, 6.45) is 1.95. The van der Waals surface area contributed by atoms with Crippen molar-refractivity contribution in [2.45, 2.75) is 45.6 Å². The molecule has 0 spiro atoms. The Kier molecular flexibility index (Phi) is 5.47. The number of aryl methyl sites for hydroxylation is 2. The fourth-order valence-corrected chi connectivity index (χ4v) is 4.77. The third kappa shape index (κ3) is 4.15. The van der Waals surface area contributed by atoms with Crippen molar-refractivity contribution in [2.75, 3.05) is 20.2 Å². The molecule has 0 N–H and O–H groups in total. The van der Waals surface area contributed by atoms with Crippen molar-refractivity contribution in [3.8, 4) is 11.5 Å². The van der Waals surface area contributed by atoms with Crippen molar-refractivity contribution in [3.05, 3.63) is 47.0 Å². The third-order valence-electron chi connectivity index (χ3n) is 6.54. The molecule has 1 aromatic carbocycles. The first-order valence-electron chi connectivity index (χ1n) is 11.3. The van der Waals surface area contributed by atoms with Crippen LogP contribution in [0.1, 0.15) is 46.8 Å². The highest BCUT2D eigenvalue weighted by Gasteiger charge is 2.35. The molecule has 1 atom stereocenters. The third-order valence-corrected chi connectivity index (χ3v) is 6.54. The van der Waals surface area contributed by atoms with E-state index < -0.39 is 0 Å². The molecule has 3 aromatic rings. The average Bonchev–Trinajstić information content (AvgIpc) is 3.21. The highest BCUT2D eigenvalue weighted by molar-refractivity contribution is 6.00. The number of hydrogen-bond acceptors (Lipinski definition) is 7. The van der Waals surface area contributed by atoms with Gasteiger partial charge >= 0.3 is 0 Å². The van der Waals surface area contributed by atoms with Crippen LogP contribution in [0.15, 0.2) is 24.3 Å². The smallest absolute Gasteiger partial charge is 0.252 e. The molecule has 0 aliphatic carbocycles. The van der Waals surface area contributed by atoms with Gasteiger partial charge in [0, 0.05) is 30.9 Å². The van der Waals surface area contributed by atoms with Gasteiger partial charge < -0.3 is 14.4 Å². The number of nitrogens with zero attached hydrogens (tertiary/aromatic N) is 5. The number of benzene rings is 1. The second kappa shape index (κ2) is 8.46. The van der Waals surface area contributed by atoms with Gasteiger partial charge in [-0.15, -0.1) is 5.10 Å². The molecule has 1 fully saturated rings. The quantitative estimate of drug-likeness (QED) is 0.604. The number of ether oxygens (including phenoxy) is 2. The van der Waals surface area contributed by atoms with Crippen molar-refractivity contribution in [2.24, 2.45) is 5.92 Å². The molecule has 0 saturated carbocycles. The molecule has 9 heteroatoms. The molecule has 1 amide bonds. The van der Waals surface area contributed by atoms with Gasteiger partial charge in [0.2, 0.25) is 5.91 Å². The second-order valence-corrected chi connectivity index (χ2v) is 8.82. The van der Waals surface area contributed by atoms with Gasteiger partial charge in [-0.2, -0.15) is 4.98 Å². The molecule has 1 unspecified atom stereocenters. The van der Waals surface area contributed by atoms with Gasteiger partial charge in [-0.3, -0.25) is 9.59 Å². The first-order chi connectivity index (χ1) is 15.9. The number of Topliss-reactive ketones (excluding diaryl/α,β-unsaturated/α-hetero) is 1. The molecule has 4 heterocycles. The summed E-state index contributed by atoms with van der Waals surface area (Å²) in [5.41, 5.74) is 2.39. The number of aromatic nitrogens is 4. The fourth-order valence-electron chi connectivity index (χ4n) is 4.77. The zero-order valence-electron chi connectivity index (χ0n) is 19.1. The predicted octanol–water partition coefficient (Wildman–Crippen LogP) is 2.56. The summed E-state index contributed by atoms with van der Waals surface area (Å²) in [5, 5.41) is 4.45. The molecule has 0 bridgehead atoms. The Balaban J connectivity index is 1.20. The molecule has 1 saturated heterocycles. The van der Waals surface area contributed by atoms with Crippen LogP contribution in [-0.4, -0.2) is 62.5 Å². The number of ketones is 1. The van der Waals surface area contributed by atoms with Crippen molar-refractivity contribution >= 4 is 17.5 Å². The minimum Gasteiger partial charge on any atom is -0.497 e. The van der Waals surface area contributed by atoms with E-state index in [0.29, 0.717) is 48.2 Å². The van der Waals surface area contributed by atoms with Gasteiger partial charge in [0.15, 0.2) is 11.6 Å². The van der Waals surface area contributed by atoms with Crippen LogP contribution >= 0.6 is 0 Å². The fraction of sp³-hybridized carbons (Fsp3) is 0.458. The largest absolute Gasteiger partial charge is 0.497 e. The number of fused-ring (bicyclic) bond motifs is 2. The highest BCUT2D eigenvalue weighted by Crippen LogP contribution is 2.35. The standard InChI is InChI=1S/C24H27N5O4/c1-14-10-15(2)29-24(25-14)26-22(27-29)13-23(31)28-8-6-16(7-9-28)21-12-19(30)18-11-17(32-3)4-5-20(18)33-21/h4-5,10-11,16,21H,6-9,12-13H2,1-3H3. The van der Waals surface area contributed by atoms with E-state index in [1.807, 2.05) is 30.9 Å². The molecule has 2 aromatic heterocycles. The van der Waals surface area contributed by atoms with Crippen LogP contribution < -0.4 is 9.47 Å². The Morgan fingerprint density at radius 2 is 1.97 bits per heavy atom. The number of rotatable bonds is 4. The normalized spacial score (nSPS) is 18.8. The van der Waals surface area contributed by atoms with Gasteiger partial charge in [-0.05, 0) is 56.9 Å². The van der Waals surface area contributed by atoms with Gasteiger partial charge in [-0.1, -0.05) is 0 Å². The highest BCUT2D eigenvalue weighted by atomic mass is 16.5. The summed E-state index contributed by atoms with van der Waals surface area (Å²) in [7, 11) is 1.58. The van der Waals surface area contributed by atoms with Crippen LogP contribution in [0.5, 0.6) is 11.5 Å². The van der Waals surface area contributed by atoms with E-state index >= 15 is 0 Å². The Bertz CT molecular complexity index is 1230. The van der Waals surface area contributed by atoms with Crippen molar-refractivity contribution in [1.82, 2.24) is 24.5 Å². The van der Waals surface area contributed by atoms with E-state index in [9.17, 15) is 9.59 Å². The number of likely N-dealkylation sites (tertiary alicyclic amines) is 1. The summed E-state index contributed by atoms with van der Waals surface area (Å²) in [5.74, 6) is 2.59. The average molecular weight is 450 g/mol. The lowest BCUT2D eigenvalue weighted by Gasteiger charge is -2.37. The molecule has 5 rings (SSSR count). The number of amides is 1.